The van der Waals surface area contributed by atoms with Crippen LogP contribution in [-0.2, 0) is 36.8 Å². The summed E-state index contributed by atoms with van der Waals surface area (Å²) in [5.41, 5.74) is 1.08. The van der Waals surface area contributed by atoms with Crippen molar-refractivity contribution < 1.29 is 77.7 Å². The van der Waals surface area contributed by atoms with Gasteiger partial charge in [0.1, 0.15) is 23.5 Å². The lowest BCUT2D eigenvalue weighted by molar-refractivity contribution is -0.231. The second-order valence-corrected chi connectivity index (χ2v) is 20.9. The van der Waals surface area contributed by atoms with Crippen molar-refractivity contribution in [1.82, 2.24) is 31.0 Å². The van der Waals surface area contributed by atoms with E-state index in [1.54, 1.807) is 18.3 Å². The van der Waals surface area contributed by atoms with E-state index in [4.69, 9.17) is 5.73 Å². The Morgan fingerprint density at radius 1 is 0.863 bits per heavy atom. The van der Waals surface area contributed by atoms with Crippen LogP contribution in [0.5, 0.6) is 0 Å². The summed E-state index contributed by atoms with van der Waals surface area (Å²) in [6, 6.07) is 8.13. The lowest BCUT2D eigenvalue weighted by Crippen LogP contribution is -2.62. The second kappa shape index (κ2) is 26.5. The predicted molar refractivity (Wildman–Crippen MR) is 275 cm³/mol. The van der Waals surface area contributed by atoms with E-state index in [1.165, 1.54) is 12.1 Å². The van der Waals surface area contributed by atoms with E-state index < -0.39 is 126 Å². The summed E-state index contributed by atoms with van der Waals surface area (Å²) in [5, 5.41) is 16.7. The molecule has 438 valence electrons. The highest BCUT2D eigenvalue weighted by Crippen LogP contribution is 2.45. The average molecular weight is 1140 g/mol. The van der Waals surface area contributed by atoms with Crippen molar-refractivity contribution in [3.05, 3.63) is 100 Å². The number of carbonyl (C=O) groups excluding carboxylic acids is 4. The normalized spacial score (nSPS) is 17.9. The Morgan fingerprint density at radius 2 is 1.44 bits per heavy atom. The lowest BCUT2D eigenvalue weighted by Gasteiger charge is -2.43. The topological polar surface area (TPSA) is 204 Å². The van der Waals surface area contributed by atoms with E-state index >= 15 is 8.78 Å². The zero-order valence-corrected chi connectivity index (χ0v) is 45.1. The van der Waals surface area contributed by atoms with Crippen LogP contribution >= 0.6 is 0 Å². The largest absolute Gasteiger partial charge is 0.469 e. The molecular formula is C54H65F10N9O7. The number of aromatic nitrogens is 1. The summed E-state index contributed by atoms with van der Waals surface area (Å²) in [7, 11) is 1.66. The highest BCUT2D eigenvalue weighted by atomic mass is 19.4. The quantitative estimate of drug-likeness (QED) is 0.0177. The molecule has 2 unspecified atom stereocenters. The molecule has 6 N–H and O–H groups in total. The molecule has 0 aliphatic carbocycles. The first kappa shape index (κ1) is 63.8. The number of nitrogens with one attached hydrogen (secondary N) is 3. The number of allylic oxidation sites excluding steroid dienone is 1. The maximum Gasteiger partial charge on any atom is 0.407 e. The van der Waals surface area contributed by atoms with Crippen LogP contribution in [0.15, 0.2) is 65.9 Å². The molecule has 5 rings (SSSR count). The predicted octanol–water partition coefficient (Wildman–Crippen LogP) is 7.42. The summed E-state index contributed by atoms with van der Waals surface area (Å²) in [5.74, 6) is -2.77. The first-order valence-corrected chi connectivity index (χ1v) is 25.2. The van der Waals surface area contributed by atoms with Gasteiger partial charge in [0.25, 0.3) is 0 Å². The van der Waals surface area contributed by atoms with Gasteiger partial charge in [-0.1, -0.05) is 37.8 Å². The fraction of sp³-hybridized carbons (Fsp3) is 0.519. The van der Waals surface area contributed by atoms with Gasteiger partial charge < -0.3 is 35.8 Å². The van der Waals surface area contributed by atoms with Crippen LogP contribution in [0.2, 0.25) is 0 Å². The molecule has 2 aliphatic rings. The van der Waals surface area contributed by atoms with Gasteiger partial charge in [0, 0.05) is 85.2 Å². The molecule has 80 heavy (non-hydrogen) atoms. The molecule has 0 radical (unpaired) electrons. The van der Waals surface area contributed by atoms with Crippen LogP contribution < -0.4 is 26.7 Å². The van der Waals surface area contributed by atoms with Crippen molar-refractivity contribution in [1.29, 1.82) is 0 Å². The third kappa shape index (κ3) is 15.9. The lowest BCUT2D eigenvalue weighted by atomic mass is 9.75. The number of aliphatic hydroxyl groups is 1. The number of alkyl halides is 8. The van der Waals surface area contributed by atoms with E-state index in [0.29, 0.717) is 86.5 Å². The number of carbonyl (C=O) groups is 4. The maximum atomic E-state index is 16.0. The monoisotopic (exact) mass is 1140 g/mol. The van der Waals surface area contributed by atoms with Crippen molar-refractivity contribution in [2.24, 2.45) is 27.5 Å². The molecule has 0 spiro atoms. The summed E-state index contributed by atoms with van der Waals surface area (Å²) < 4.78 is 154. The van der Waals surface area contributed by atoms with Gasteiger partial charge in [0.05, 0.1) is 49.5 Å². The highest BCUT2D eigenvalue weighted by molar-refractivity contribution is 6.09. The number of alkyl carbamates (subject to hydrolysis) is 1. The molecule has 16 nitrogen and oxygen atoms in total. The van der Waals surface area contributed by atoms with Gasteiger partial charge in [-0.2, -0.15) is 35.1 Å². The van der Waals surface area contributed by atoms with Crippen molar-refractivity contribution >= 4 is 41.5 Å². The minimum atomic E-state index is -5.18. The third-order valence-corrected chi connectivity index (χ3v) is 14.4. The number of piperazine rings is 1. The Balaban J connectivity index is 1.52. The molecule has 2 bridgehead atoms. The van der Waals surface area contributed by atoms with Crippen LogP contribution in [-0.4, -0.2) is 139 Å². The first-order chi connectivity index (χ1) is 37.3. The summed E-state index contributed by atoms with van der Waals surface area (Å²) in [4.78, 5) is 65.3. The number of nitrogens with zero attached hydrogens (tertiary/aromatic N) is 5. The van der Waals surface area contributed by atoms with E-state index in [-0.39, 0.29) is 11.1 Å². The number of pyridine rings is 1. The smallest absolute Gasteiger partial charge is 0.407 e. The van der Waals surface area contributed by atoms with Crippen LogP contribution in [0.4, 0.5) is 54.5 Å². The van der Waals surface area contributed by atoms with E-state index in [1.807, 2.05) is 17.4 Å². The second-order valence-electron chi connectivity index (χ2n) is 20.9. The van der Waals surface area contributed by atoms with Crippen molar-refractivity contribution in [3.8, 4) is 11.8 Å². The van der Waals surface area contributed by atoms with Crippen molar-refractivity contribution in [3.63, 3.8) is 0 Å². The number of ether oxygens (including phenoxy) is 2. The number of amides is 3. The zero-order valence-electron chi connectivity index (χ0n) is 45.1. The van der Waals surface area contributed by atoms with Gasteiger partial charge in [0.15, 0.2) is 0 Å². The Bertz CT molecular complexity index is 2750. The van der Waals surface area contributed by atoms with Gasteiger partial charge >= 0.3 is 31.0 Å². The number of esters is 1. The van der Waals surface area contributed by atoms with E-state index in [2.05, 4.69) is 65.7 Å². The van der Waals surface area contributed by atoms with E-state index in [9.17, 15) is 59.4 Å². The van der Waals surface area contributed by atoms with Gasteiger partial charge in [-0.05, 0) is 94.5 Å². The van der Waals surface area contributed by atoms with Crippen molar-refractivity contribution in [2.45, 2.75) is 129 Å². The molecule has 2 fully saturated rings. The Labute approximate surface area is 456 Å². The number of aliphatic hydroxyl groups excluding tert-OH is 1. The first-order valence-electron chi connectivity index (χ1n) is 25.2. The van der Waals surface area contributed by atoms with Gasteiger partial charge in [-0.3, -0.25) is 24.7 Å². The van der Waals surface area contributed by atoms with Crippen LogP contribution in [0.3, 0.4) is 0 Å². The number of hydrogen-bond acceptors (Lipinski definition) is 13. The number of halogens is 10. The molecule has 2 aromatic carbocycles. The summed E-state index contributed by atoms with van der Waals surface area (Å²) >= 11 is 0. The molecule has 26 heteroatoms. The van der Waals surface area contributed by atoms with Crippen LogP contribution in [0, 0.1) is 40.2 Å². The molecule has 3 amide bonds. The van der Waals surface area contributed by atoms with Crippen LogP contribution in [0.25, 0.3) is 5.57 Å². The van der Waals surface area contributed by atoms with Gasteiger partial charge in [-0.25, -0.2) is 28.6 Å². The zero-order chi connectivity index (χ0) is 59.7. The minimum absolute atomic E-state index is 0.275. The molecule has 2 aliphatic heterocycles. The molecule has 1 aromatic heterocycles. The number of methoxy groups -OCH3 is 2. The molecule has 3 heterocycles. The minimum Gasteiger partial charge on any atom is -0.469 e. The average Bonchev–Trinajstić information content (AvgIpc) is 3.81. The summed E-state index contributed by atoms with van der Waals surface area (Å²) in [6.45, 7) is 2.98. The van der Waals surface area contributed by atoms with Gasteiger partial charge in [-0.15, -0.1) is 0 Å². The molecule has 3 aromatic rings. The van der Waals surface area contributed by atoms with Crippen LogP contribution in [0.1, 0.15) is 88.6 Å². The van der Waals surface area contributed by atoms with Crippen molar-refractivity contribution in [2.75, 3.05) is 38.8 Å². The number of rotatable bonds is 21. The molecule has 2 saturated heterocycles. The number of benzene rings is 2. The molecular weight excluding hydrogens is 1080 g/mol. The standard InChI is InChI=1S/C54H65F10N9O7/c1-30(2)73-36-16-17-37(73)27-71(26-36)44-18-15-33(24-66-44)14-11-31-9-12-32(13-10-31)19-42(68-48(77)46(69-50(78)80-8)52(5,6)54(62,63)64)43(74)29-72(70-47(76)39(22-45(75)79-7)51(3,4)53(59,60)61)28-38-40(55)20-34(21-41(38)56)35(23-65)25-67-49(57)58/h9-10,12-13,15,18,20-21,23-25,30,36-37,39,42-43,46,49,74H,16-17,19,22,26-29,65H2,1-8H3,(H,68,77)(H,69,78)(H,70,76)/t36?,37?,39-,42+,43+,46-/m1/s1. The summed E-state index contributed by atoms with van der Waals surface area (Å²) in [6.07, 6.45) is -10.5. The van der Waals surface area contributed by atoms with Gasteiger partial charge in [0.2, 0.25) is 11.8 Å². The molecule has 0 saturated carbocycles. The number of hydrogen-bond donors (Lipinski definition) is 5. The number of fused-ring (bicyclic) bond motifs is 2. The number of aliphatic imine (C=N–C) groups is 1. The SMILES string of the molecule is COC(=O)C[C@H](C(=O)NN(Cc1c(F)cc(C(C=NC(F)F)=CN)cc1F)C[C@H](O)[C@H](Cc1ccc(C#Cc2ccc(N3CC4CCC(C3)N4C(C)C)nc2)cc1)NC(=O)[C@@H](NC(=O)OC)C(C)(C)C(F)(F)F)C(C)(C)C(F)(F)F. The highest BCUT2D eigenvalue weighted by Gasteiger charge is 2.57. The Hall–Kier alpha value is -6.98. The Kier molecular flexibility index (Phi) is 21.2. The number of anilines is 1. The number of nitrogens with two attached hydrogens (primary N) is 1. The fourth-order valence-corrected chi connectivity index (χ4v) is 9.52. The fourth-order valence-electron chi connectivity index (χ4n) is 9.52. The third-order valence-electron chi connectivity index (χ3n) is 14.4. The molecule has 6 atom stereocenters. The maximum absolute atomic E-state index is 16.0. The van der Waals surface area contributed by atoms with E-state index in [0.717, 1.165) is 46.0 Å². The number of hydrazine groups is 1. The Morgan fingerprint density at radius 3 is 1.94 bits per heavy atom.